The SMILES string of the molecule is CCC1(C)CC2(OCC(COC(=O)c3ccc(C(=O)OCC4COC5(CC(C)(CC)N(OC(C)c6ccccc6)C(C)(CC)C5C)O4)cc3)O2)C(C)C(C)(CC)N1OC(C)c1ccccc1. The van der Waals surface area contributed by atoms with Gasteiger partial charge in [0.2, 0.25) is 0 Å². The Morgan fingerprint density at radius 2 is 0.924 bits per heavy atom. The monoisotopic (exact) mass is 913 g/mol. The Balaban J connectivity index is 0.919. The number of carbonyl (C=O) groups is 2. The Bertz CT molecular complexity index is 1960. The van der Waals surface area contributed by atoms with Gasteiger partial charge in [-0.3, -0.25) is 9.68 Å². The molecule has 4 heterocycles. The number of nitrogens with zero attached hydrogens (tertiary/aromatic N) is 2. The first kappa shape index (κ1) is 50.2. The summed E-state index contributed by atoms with van der Waals surface area (Å²) in [4.78, 5) is 40.4. The molecule has 0 aliphatic carbocycles. The zero-order valence-electron chi connectivity index (χ0n) is 41.6. The highest BCUT2D eigenvalue weighted by molar-refractivity contribution is 5.93. The molecular formula is C54H76N2O10. The lowest BCUT2D eigenvalue weighted by atomic mass is 9.67. The average Bonchev–Trinajstić information content (AvgIpc) is 3.96. The van der Waals surface area contributed by atoms with Crippen LogP contribution in [-0.2, 0) is 38.1 Å². The Kier molecular flexibility index (Phi) is 15.0. The van der Waals surface area contributed by atoms with E-state index in [1.165, 1.54) is 0 Å². The molecule has 12 unspecified atom stereocenters. The topological polar surface area (TPSA) is 114 Å². The molecule has 362 valence electrons. The molecule has 7 rings (SSSR count). The highest BCUT2D eigenvalue weighted by Gasteiger charge is 2.66. The van der Waals surface area contributed by atoms with Crippen LogP contribution in [0.3, 0.4) is 0 Å². The molecule has 4 fully saturated rings. The molecule has 0 amide bonds. The van der Waals surface area contributed by atoms with E-state index in [1.807, 2.05) is 36.4 Å². The zero-order valence-corrected chi connectivity index (χ0v) is 41.6. The molecule has 66 heavy (non-hydrogen) atoms. The molecule has 3 aromatic rings. The summed E-state index contributed by atoms with van der Waals surface area (Å²) in [5, 5.41) is 4.44. The first-order valence-electron chi connectivity index (χ1n) is 24.5. The van der Waals surface area contributed by atoms with Gasteiger partial charge < -0.3 is 28.4 Å². The molecule has 4 saturated heterocycles. The Morgan fingerprint density at radius 1 is 0.576 bits per heavy atom. The number of hydrogen-bond donors (Lipinski definition) is 0. The number of ether oxygens (including phenoxy) is 6. The van der Waals surface area contributed by atoms with Crippen LogP contribution in [0, 0.1) is 11.8 Å². The zero-order chi connectivity index (χ0) is 47.7. The summed E-state index contributed by atoms with van der Waals surface area (Å²) in [5.41, 5.74) is 1.26. The minimum atomic E-state index is -0.876. The summed E-state index contributed by atoms with van der Waals surface area (Å²) >= 11 is 0. The predicted octanol–water partition coefficient (Wildman–Crippen LogP) is 11.0. The van der Waals surface area contributed by atoms with Gasteiger partial charge in [-0.1, -0.05) is 102 Å². The molecule has 0 bridgehead atoms. The third-order valence-electron chi connectivity index (χ3n) is 16.3. The molecule has 3 aromatic carbocycles. The standard InChI is InChI=1S/C54H76N2O10/c1-13-49(9)35-53(39(7)51(11,15-3)55(49)65-37(5)41-23-19-17-20-24-41)61-33-45(63-53)31-59-47(57)43-27-29-44(30-28-43)48(58)60-32-46-34-62-54(64-46)36-50(10,14-2)56(52(12,16-4)40(54)8)66-38(6)42-25-21-18-22-26-42/h17-30,37-40,45-46H,13-16,31-36H2,1-12H3. The first-order chi connectivity index (χ1) is 31.3. The molecule has 12 nitrogen and oxygen atoms in total. The van der Waals surface area contributed by atoms with Crippen LogP contribution < -0.4 is 0 Å². The highest BCUT2D eigenvalue weighted by Crippen LogP contribution is 2.56. The molecule has 12 atom stereocenters. The number of esters is 2. The van der Waals surface area contributed by atoms with E-state index in [1.54, 1.807) is 24.3 Å². The maximum absolute atomic E-state index is 13.3. The van der Waals surface area contributed by atoms with Gasteiger partial charge in [-0.2, -0.15) is 10.1 Å². The largest absolute Gasteiger partial charge is 0.459 e. The third kappa shape index (κ3) is 9.38. The van der Waals surface area contributed by atoms with Crippen LogP contribution in [0.25, 0.3) is 0 Å². The average molecular weight is 913 g/mol. The second-order valence-corrected chi connectivity index (χ2v) is 20.3. The van der Waals surface area contributed by atoms with Crippen LogP contribution in [-0.4, -0.2) is 94.4 Å². The quantitative estimate of drug-likeness (QED) is 0.127. The van der Waals surface area contributed by atoms with E-state index < -0.39 is 57.9 Å². The van der Waals surface area contributed by atoms with Crippen LogP contribution in [0.15, 0.2) is 84.9 Å². The van der Waals surface area contributed by atoms with Gasteiger partial charge >= 0.3 is 11.9 Å². The smallest absolute Gasteiger partial charge is 0.338 e. The van der Waals surface area contributed by atoms with Crippen molar-refractivity contribution in [1.29, 1.82) is 0 Å². The van der Waals surface area contributed by atoms with E-state index in [4.69, 9.17) is 38.1 Å². The lowest BCUT2D eigenvalue weighted by molar-refractivity contribution is -0.380. The number of hydroxylamine groups is 4. The van der Waals surface area contributed by atoms with Crippen molar-refractivity contribution in [1.82, 2.24) is 10.1 Å². The second kappa shape index (κ2) is 19.7. The molecule has 0 saturated carbocycles. The Hall–Kier alpha value is -3.72. The molecular weight excluding hydrogens is 837 g/mol. The number of benzene rings is 3. The van der Waals surface area contributed by atoms with Gasteiger partial charge in [0.25, 0.3) is 0 Å². The maximum Gasteiger partial charge on any atom is 0.338 e. The van der Waals surface area contributed by atoms with Gasteiger partial charge in [-0.15, -0.1) is 0 Å². The minimum Gasteiger partial charge on any atom is -0.459 e. The maximum atomic E-state index is 13.3. The predicted molar refractivity (Wildman–Crippen MR) is 252 cm³/mol. The molecule has 2 spiro atoms. The fourth-order valence-corrected chi connectivity index (χ4v) is 11.1. The normalized spacial score (nSPS) is 35.8. The lowest BCUT2D eigenvalue weighted by Crippen LogP contribution is -2.71. The van der Waals surface area contributed by atoms with Crippen LogP contribution >= 0.6 is 0 Å². The van der Waals surface area contributed by atoms with E-state index in [0.717, 1.165) is 36.8 Å². The number of rotatable bonds is 16. The van der Waals surface area contributed by atoms with Crippen molar-refractivity contribution in [2.24, 2.45) is 11.8 Å². The molecule has 4 aliphatic heterocycles. The Labute approximate surface area is 393 Å². The fourth-order valence-electron chi connectivity index (χ4n) is 11.1. The van der Waals surface area contributed by atoms with E-state index in [-0.39, 0.29) is 37.3 Å². The molecule has 0 N–H and O–H groups in total. The van der Waals surface area contributed by atoms with Gasteiger partial charge in [0.15, 0.2) is 11.6 Å². The van der Waals surface area contributed by atoms with Crippen molar-refractivity contribution >= 4 is 11.9 Å². The van der Waals surface area contributed by atoms with Crippen LogP contribution in [0.1, 0.15) is 166 Å². The van der Waals surface area contributed by atoms with Crippen molar-refractivity contribution < 1.29 is 47.7 Å². The Morgan fingerprint density at radius 3 is 1.24 bits per heavy atom. The van der Waals surface area contributed by atoms with Crippen molar-refractivity contribution in [2.45, 2.75) is 180 Å². The summed E-state index contributed by atoms with van der Waals surface area (Å²) < 4.78 is 38.4. The molecule has 12 heteroatoms. The minimum absolute atomic E-state index is 0.0320. The van der Waals surface area contributed by atoms with Crippen LogP contribution in [0.2, 0.25) is 0 Å². The van der Waals surface area contributed by atoms with Crippen molar-refractivity contribution in [3.05, 3.63) is 107 Å². The molecule has 0 aromatic heterocycles. The number of carbonyl (C=O) groups excluding carboxylic acids is 2. The number of piperidine rings is 2. The fraction of sp³-hybridized carbons (Fsp3) is 0.630. The van der Waals surface area contributed by atoms with Crippen molar-refractivity contribution in [2.75, 3.05) is 26.4 Å². The molecule has 4 aliphatic rings. The van der Waals surface area contributed by atoms with Crippen LogP contribution in [0.4, 0.5) is 0 Å². The van der Waals surface area contributed by atoms with Crippen molar-refractivity contribution in [3.63, 3.8) is 0 Å². The van der Waals surface area contributed by atoms with Gasteiger partial charge in [0.05, 0.1) is 35.4 Å². The summed E-state index contributed by atoms with van der Waals surface area (Å²) in [6, 6.07) is 26.9. The summed E-state index contributed by atoms with van der Waals surface area (Å²) in [7, 11) is 0. The van der Waals surface area contributed by atoms with E-state index in [9.17, 15) is 9.59 Å². The second-order valence-electron chi connectivity index (χ2n) is 20.3. The van der Waals surface area contributed by atoms with Gasteiger partial charge in [-0.25, -0.2) is 9.59 Å². The van der Waals surface area contributed by atoms with E-state index in [0.29, 0.717) is 37.2 Å². The summed E-state index contributed by atoms with van der Waals surface area (Å²) in [5.74, 6) is -2.91. The first-order valence-corrected chi connectivity index (χ1v) is 24.5. The highest BCUT2D eigenvalue weighted by atomic mass is 16.8. The van der Waals surface area contributed by atoms with Gasteiger partial charge in [0, 0.05) is 35.8 Å². The van der Waals surface area contributed by atoms with Crippen molar-refractivity contribution in [3.8, 4) is 0 Å². The summed E-state index contributed by atoms with van der Waals surface area (Å²) in [6.07, 6.45) is 3.29. The lowest BCUT2D eigenvalue weighted by Gasteiger charge is -2.62. The van der Waals surface area contributed by atoms with Gasteiger partial charge in [0.1, 0.15) is 37.6 Å². The van der Waals surface area contributed by atoms with Gasteiger partial charge in [-0.05, 0) is 103 Å². The molecule has 0 radical (unpaired) electrons. The third-order valence-corrected chi connectivity index (χ3v) is 16.3. The number of hydrogen-bond acceptors (Lipinski definition) is 12. The van der Waals surface area contributed by atoms with Crippen LogP contribution in [0.5, 0.6) is 0 Å². The summed E-state index contributed by atoms with van der Waals surface area (Å²) in [6.45, 7) is 26.8. The van der Waals surface area contributed by atoms with E-state index >= 15 is 0 Å². The van der Waals surface area contributed by atoms with E-state index in [2.05, 4.69) is 117 Å².